The standard InChI is InChI=1S/C12H21N3O3S/c1-4-12(3,16)7-15-10-5-9(13)6-11(8(10)2)19(14,17)18/h5-6,15-16H,4,7,13H2,1-3H3,(H2,14,17,18). The Morgan fingerprint density at radius 3 is 2.47 bits per heavy atom. The van der Waals surface area contributed by atoms with Crippen LogP contribution in [0.2, 0.25) is 0 Å². The first-order chi connectivity index (χ1) is 8.57. The maximum atomic E-state index is 11.5. The first-order valence-electron chi connectivity index (χ1n) is 5.96. The number of aliphatic hydroxyl groups is 1. The van der Waals surface area contributed by atoms with E-state index in [-0.39, 0.29) is 11.4 Å². The topological polar surface area (TPSA) is 118 Å². The maximum absolute atomic E-state index is 11.5. The lowest BCUT2D eigenvalue weighted by Crippen LogP contribution is -2.32. The summed E-state index contributed by atoms with van der Waals surface area (Å²) in [5.74, 6) is 0. The summed E-state index contributed by atoms with van der Waals surface area (Å²) in [5.41, 5.74) is 6.14. The molecule has 0 amide bonds. The van der Waals surface area contributed by atoms with Crippen molar-refractivity contribution in [3.63, 3.8) is 0 Å². The van der Waals surface area contributed by atoms with Crippen molar-refractivity contribution in [3.8, 4) is 0 Å². The lowest BCUT2D eigenvalue weighted by atomic mass is 10.0. The molecule has 6 N–H and O–H groups in total. The van der Waals surface area contributed by atoms with E-state index < -0.39 is 15.6 Å². The number of nitrogens with one attached hydrogen (secondary N) is 1. The highest BCUT2D eigenvalue weighted by atomic mass is 32.2. The Bertz CT molecular complexity index is 568. The Labute approximate surface area is 113 Å². The zero-order valence-corrected chi connectivity index (χ0v) is 12.2. The molecule has 1 rings (SSSR count). The minimum Gasteiger partial charge on any atom is -0.399 e. The molecule has 0 aliphatic carbocycles. The number of hydrogen-bond donors (Lipinski definition) is 4. The summed E-state index contributed by atoms with van der Waals surface area (Å²) < 4.78 is 22.9. The molecule has 1 unspecified atom stereocenters. The van der Waals surface area contributed by atoms with Gasteiger partial charge in [-0.15, -0.1) is 0 Å². The van der Waals surface area contributed by atoms with Gasteiger partial charge in [-0.3, -0.25) is 0 Å². The fourth-order valence-corrected chi connectivity index (χ4v) is 2.44. The van der Waals surface area contributed by atoms with Gasteiger partial charge < -0.3 is 16.2 Å². The molecule has 0 spiro atoms. The van der Waals surface area contributed by atoms with Crippen molar-refractivity contribution < 1.29 is 13.5 Å². The first-order valence-corrected chi connectivity index (χ1v) is 7.50. The number of rotatable bonds is 5. The molecule has 0 radical (unpaired) electrons. The van der Waals surface area contributed by atoms with Crippen molar-refractivity contribution >= 4 is 21.4 Å². The lowest BCUT2D eigenvalue weighted by Gasteiger charge is -2.23. The molecule has 1 aromatic carbocycles. The van der Waals surface area contributed by atoms with Crippen LogP contribution >= 0.6 is 0 Å². The fraction of sp³-hybridized carbons (Fsp3) is 0.500. The average molecular weight is 287 g/mol. The molecule has 1 aromatic rings. The zero-order chi connectivity index (χ0) is 14.8. The van der Waals surface area contributed by atoms with Crippen LogP contribution in [0.3, 0.4) is 0 Å². The summed E-state index contributed by atoms with van der Waals surface area (Å²) in [7, 11) is -3.82. The van der Waals surface area contributed by atoms with Crippen molar-refractivity contribution in [2.45, 2.75) is 37.7 Å². The van der Waals surface area contributed by atoms with E-state index >= 15 is 0 Å². The van der Waals surface area contributed by atoms with Crippen LogP contribution in [0.15, 0.2) is 17.0 Å². The van der Waals surface area contributed by atoms with Gasteiger partial charge in [0.1, 0.15) is 0 Å². The third kappa shape index (κ3) is 4.09. The van der Waals surface area contributed by atoms with E-state index in [0.29, 0.717) is 23.4 Å². The molecule has 19 heavy (non-hydrogen) atoms. The Balaban J connectivity index is 3.13. The highest BCUT2D eigenvalue weighted by Gasteiger charge is 2.19. The fourth-order valence-electron chi connectivity index (χ4n) is 1.60. The molecule has 7 heteroatoms. The number of benzene rings is 1. The van der Waals surface area contributed by atoms with Crippen LogP contribution in [0.5, 0.6) is 0 Å². The summed E-state index contributed by atoms with van der Waals surface area (Å²) in [6.07, 6.45) is 0.573. The quantitative estimate of drug-likeness (QED) is 0.597. The van der Waals surface area contributed by atoms with Crippen molar-refractivity contribution in [3.05, 3.63) is 17.7 Å². The molecule has 0 aliphatic rings. The van der Waals surface area contributed by atoms with Crippen LogP contribution in [0, 0.1) is 6.92 Å². The van der Waals surface area contributed by atoms with Crippen LogP contribution in [-0.4, -0.2) is 25.7 Å². The van der Waals surface area contributed by atoms with Gasteiger partial charge in [-0.25, -0.2) is 13.6 Å². The molecular formula is C12H21N3O3S. The third-order valence-corrected chi connectivity index (χ3v) is 4.15. The summed E-state index contributed by atoms with van der Waals surface area (Å²) in [6, 6.07) is 2.95. The van der Waals surface area contributed by atoms with Gasteiger partial charge in [-0.05, 0) is 38.0 Å². The monoisotopic (exact) mass is 287 g/mol. The Hall–Kier alpha value is -1.31. The minimum absolute atomic E-state index is 0.00820. The molecule has 6 nitrogen and oxygen atoms in total. The smallest absolute Gasteiger partial charge is 0.238 e. The second kappa shape index (κ2) is 5.36. The maximum Gasteiger partial charge on any atom is 0.238 e. The summed E-state index contributed by atoms with van der Waals surface area (Å²) in [6.45, 7) is 5.49. The zero-order valence-electron chi connectivity index (χ0n) is 11.4. The predicted octanol–water partition coefficient (Wildman–Crippen LogP) is 0.798. The summed E-state index contributed by atoms with van der Waals surface area (Å²) >= 11 is 0. The summed E-state index contributed by atoms with van der Waals surface area (Å²) in [5, 5.41) is 18.1. The lowest BCUT2D eigenvalue weighted by molar-refractivity contribution is 0.0697. The van der Waals surface area contributed by atoms with Crippen molar-refractivity contribution in [1.29, 1.82) is 0 Å². The first kappa shape index (κ1) is 15.7. The molecule has 0 bridgehead atoms. The number of primary sulfonamides is 1. The van der Waals surface area contributed by atoms with E-state index in [2.05, 4.69) is 5.32 Å². The molecule has 0 heterocycles. The van der Waals surface area contributed by atoms with Crippen molar-refractivity contribution in [2.75, 3.05) is 17.6 Å². The van der Waals surface area contributed by atoms with Gasteiger partial charge in [0.25, 0.3) is 0 Å². The van der Waals surface area contributed by atoms with E-state index in [1.54, 1.807) is 19.9 Å². The van der Waals surface area contributed by atoms with Crippen LogP contribution in [0.25, 0.3) is 0 Å². The van der Waals surface area contributed by atoms with E-state index in [9.17, 15) is 13.5 Å². The predicted molar refractivity (Wildman–Crippen MR) is 76.4 cm³/mol. The van der Waals surface area contributed by atoms with Crippen molar-refractivity contribution in [2.24, 2.45) is 5.14 Å². The number of hydrogen-bond acceptors (Lipinski definition) is 5. The molecule has 0 fully saturated rings. The SMILES string of the molecule is CCC(C)(O)CNc1cc(N)cc(S(N)(=O)=O)c1C. The normalized spacial score (nSPS) is 15.0. The minimum atomic E-state index is -3.82. The van der Waals surface area contributed by atoms with Crippen molar-refractivity contribution in [1.82, 2.24) is 0 Å². The average Bonchev–Trinajstić information content (AvgIpc) is 2.28. The molecular weight excluding hydrogens is 266 g/mol. The molecule has 1 atom stereocenters. The van der Waals surface area contributed by atoms with Gasteiger partial charge in [0.05, 0.1) is 10.5 Å². The van der Waals surface area contributed by atoms with Gasteiger partial charge >= 0.3 is 0 Å². The second-order valence-corrected chi connectivity index (χ2v) is 6.47. The second-order valence-electron chi connectivity index (χ2n) is 4.94. The largest absolute Gasteiger partial charge is 0.399 e. The van der Waals surface area contributed by atoms with E-state index in [1.807, 2.05) is 6.92 Å². The highest BCUT2D eigenvalue weighted by Crippen LogP contribution is 2.26. The Kier molecular flexibility index (Phi) is 4.44. The van der Waals surface area contributed by atoms with Crippen LogP contribution in [0.4, 0.5) is 11.4 Å². The van der Waals surface area contributed by atoms with Gasteiger partial charge in [-0.2, -0.15) is 0 Å². The summed E-state index contributed by atoms with van der Waals surface area (Å²) in [4.78, 5) is -0.00820. The Morgan fingerprint density at radius 1 is 1.42 bits per heavy atom. The van der Waals surface area contributed by atoms with E-state index in [4.69, 9.17) is 10.9 Å². The molecule has 0 aliphatic heterocycles. The number of sulfonamides is 1. The molecule has 108 valence electrons. The number of anilines is 2. The highest BCUT2D eigenvalue weighted by molar-refractivity contribution is 7.89. The Morgan fingerprint density at radius 2 is 2.00 bits per heavy atom. The van der Waals surface area contributed by atoms with Gasteiger partial charge in [0, 0.05) is 17.9 Å². The van der Waals surface area contributed by atoms with Crippen LogP contribution in [-0.2, 0) is 10.0 Å². The van der Waals surface area contributed by atoms with Gasteiger partial charge in [0.15, 0.2) is 0 Å². The molecule has 0 saturated carbocycles. The molecule has 0 saturated heterocycles. The van der Waals surface area contributed by atoms with Crippen LogP contribution in [0.1, 0.15) is 25.8 Å². The van der Waals surface area contributed by atoms with E-state index in [1.165, 1.54) is 6.07 Å². The third-order valence-electron chi connectivity index (χ3n) is 3.11. The number of nitrogen functional groups attached to an aromatic ring is 1. The van der Waals surface area contributed by atoms with Gasteiger partial charge in [-0.1, -0.05) is 6.92 Å². The van der Waals surface area contributed by atoms with Gasteiger partial charge in [0.2, 0.25) is 10.0 Å². The molecule has 0 aromatic heterocycles. The number of nitrogens with two attached hydrogens (primary N) is 2. The van der Waals surface area contributed by atoms with E-state index in [0.717, 1.165) is 0 Å². The van der Waals surface area contributed by atoms with Crippen LogP contribution < -0.4 is 16.2 Å².